The molecule has 2 aliphatic heterocycles. The molecule has 1 aromatic carbocycles. The lowest BCUT2D eigenvalue weighted by atomic mass is 10.2. The number of thiocarbonyl (C=S) groups is 1. The molecule has 0 saturated carbocycles. The molecule has 12 heteroatoms. The summed E-state index contributed by atoms with van der Waals surface area (Å²) in [5, 5.41) is 14.8. The molecule has 4 rings (SSSR count). The van der Waals surface area contributed by atoms with Gasteiger partial charge in [-0.05, 0) is 51.0 Å². The van der Waals surface area contributed by atoms with Crippen molar-refractivity contribution in [3.8, 4) is 0 Å². The molecule has 0 atom stereocenters. The summed E-state index contributed by atoms with van der Waals surface area (Å²) >= 11 is 5.21. The summed E-state index contributed by atoms with van der Waals surface area (Å²) in [6.07, 6.45) is 4.78. The van der Waals surface area contributed by atoms with E-state index in [0.29, 0.717) is 18.8 Å². The van der Waals surface area contributed by atoms with Gasteiger partial charge in [0.25, 0.3) is 5.69 Å². The highest BCUT2D eigenvalue weighted by Crippen LogP contribution is 2.25. The maximum Gasteiger partial charge on any atom is 0.271 e. The Morgan fingerprint density at radius 3 is 2.44 bits per heavy atom. The molecule has 194 valence electrons. The number of nitro benzene ring substituents is 1. The SMILES string of the molecule is CN(CCNc1cc(N2CCCC2)nc(N2CCCC2)n1)CCN(C(N)=S)c1cccc([N+](=O)[O-])c1. The van der Waals surface area contributed by atoms with Crippen LogP contribution in [0.4, 0.5) is 29.0 Å². The first-order chi connectivity index (χ1) is 17.4. The van der Waals surface area contributed by atoms with Crippen molar-refractivity contribution in [2.45, 2.75) is 25.7 Å². The smallest absolute Gasteiger partial charge is 0.271 e. The highest BCUT2D eigenvalue weighted by atomic mass is 32.1. The fourth-order valence-electron chi connectivity index (χ4n) is 4.58. The molecule has 0 radical (unpaired) electrons. The molecular formula is C24H35N9O2S. The van der Waals surface area contributed by atoms with E-state index < -0.39 is 4.92 Å². The van der Waals surface area contributed by atoms with Crippen molar-refractivity contribution >= 4 is 46.3 Å². The molecule has 3 N–H and O–H groups in total. The molecular weight excluding hydrogens is 478 g/mol. The van der Waals surface area contributed by atoms with Crippen LogP contribution in [0.15, 0.2) is 30.3 Å². The van der Waals surface area contributed by atoms with Crippen LogP contribution in [-0.4, -0.2) is 84.3 Å². The molecule has 3 heterocycles. The van der Waals surface area contributed by atoms with Crippen molar-refractivity contribution in [2.75, 3.05) is 79.4 Å². The minimum Gasteiger partial charge on any atom is -0.376 e. The Hall–Kier alpha value is -3.25. The summed E-state index contributed by atoms with van der Waals surface area (Å²) in [4.78, 5) is 28.9. The van der Waals surface area contributed by atoms with Gasteiger partial charge in [-0.15, -0.1) is 0 Å². The van der Waals surface area contributed by atoms with E-state index >= 15 is 0 Å². The Morgan fingerprint density at radius 2 is 1.78 bits per heavy atom. The number of nitrogens with two attached hydrogens (primary N) is 1. The monoisotopic (exact) mass is 513 g/mol. The zero-order valence-electron chi connectivity index (χ0n) is 20.8. The van der Waals surface area contributed by atoms with Crippen LogP contribution >= 0.6 is 12.2 Å². The van der Waals surface area contributed by atoms with Crippen LogP contribution in [0.3, 0.4) is 0 Å². The lowest BCUT2D eigenvalue weighted by Crippen LogP contribution is -2.41. The number of likely N-dealkylation sites (N-methyl/N-ethyl adjacent to an activating group) is 1. The molecule has 2 aliphatic rings. The number of nitrogens with zero attached hydrogens (tertiary/aromatic N) is 7. The molecule has 2 fully saturated rings. The lowest BCUT2D eigenvalue weighted by molar-refractivity contribution is -0.384. The van der Waals surface area contributed by atoms with Crippen molar-refractivity contribution in [1.82, 2.24) is 14.9 Å². The summed E-state index contributed by atoms with van der Waals surface area (Å²) in [5.41, 5.74) is 6.55. The minimum atomic E-state index is -0.420. The largest absolute Gasteiger partial charge is 0.376 e. The quantitative estimate of drug-likeness (QED) is 0.262. The van der Waals surface area contributed by atoms with Gasteiger partial charge in [-0.25, -0.2) is 0 Å². The third-order valence-corrected chi connectivity index (χ3v) is 6.86. The van der Waals surface area contributed by atoms with Gasteiger partial charge in [0.05, 0.1) is 4.92 Å². The second kappa shape index (κ2) is 12.1. The number of nitrogens with one attached hydrogen (secondary N) is 1. The highest BCUT2D eigenvalue weighted by Gasteiger charge is 2.20. The summed E-state index contributed by atoms with van der Waals surface area (Å²) in [7, 11) is 2.03. The van der Waals surface area contributed by atoms with Gasteiger partial charge in [-0.3, -0.25) is 10.1 Å². The average molecular weight is 514 g/mol. The molecule has 0 amide bonds. The third kappa shape index (κ3) is 6.70. The zero-order valence-corrected chi connectivity index (χ0v) is 21.6. The van der Waals surface area contributed by atoms with Crippen molar-refractivity contribution in [3.63, 3.8) is 0 Å². The van der Waals surface area contributed by atoms with Gasteiger partial charge in [0.1, 0.15) is 11.6 Å². The maximum atomic E-state index is 11.1. The van der Waals surface area contributed by atoms with Crippen LogP contribution in [0.2, 0.25) is 0 Å². The zero-order chi connectivity index (χ0) is 25.5. The third-order valence-electron chi connectivity index (χ3n) is 6.64. The van der Waals surface area contributed by atoms with Crippen LogP contribution in [0.25, 0.3) is 0 Å². The summed E-state index contributed by atoms with van der Waals surface area (Å²) in [5.74, 6) is 2.67. The van der Waals surface area contributed by atoms with Gasteiger partial charge in [-0.2, -0.15) is 9.97 Å². The van der Waals surface area contributed by atoms with E-state index in [1.165, 1.54) is 37.8 Å². The Balaban J connectivity index is 1.33. The summed E-state index contributed by atoms with van der Waals surface area (Å²) in [6.45, 7) is 6.82. The number of hydrogen-bond acceptors (Lipinski definition) is 9. The topological polar surface area (TPSA) is 120 Å². The second-order valence-electron chi connectivity index (χ2n) is 9.30. The van der Waals surface area contributed by atoms with Crippen LogP contribution < -0.4 is 25.8 Å². The molecule has 1 aromatic heterocycles. The number of rotatable bonds is 11. The minimum absolute atomic E-state index is 0.0118. The standard InChI is InChI=1S/C24H35N9O2S/c1-29(15-16-32(23(25)36)19-7-6-8-20(17-19)33(34)35)14-9-26-21-18-22(30-10-2-3-11-30)28-24(27-21)31-12-4-5-13-31/h6-8,17-18H,2-5,9-16H2,1H3,(H2,25,36)(H,26,27,28). The summed E-state index contributed by atoms with van der Waals surface area (Å²) < 4.78 is 0. The Bertz CT molecular complexity index is 1020. The highest BCUT2D eigenvalue weighted by molar-refractivity contribution is 7.80. The normalized spacial score (nSPS) is 15.5. The van der Waals surface area contributed by atoms with Gasteiger partial charge in [-0.1, -0.05) is 6.07 Å². The number of aromatic nitrogens is 2. The Morgan fingerprint density at radius 1 is 1.08 bits per heavy atom. The predicted molar refractivity (Wildman–Crippen MR) is 148 cm³/mol. The van der Waals surface area contributed by atoms with Crippen molar-refractivity contribution in [1.29, 1.82) is 0 Å². The first-order valence-electron chi connectivity index (χ1n) is 12.5. The van der Waals surface area contributed by atoms with Crippen LogP contribution in [-0.2, 0) is 0 Å². The Kier molecular flexibility index (Phi) is 8.70. The lowest BCUT2D eigenvalue weighted by Gasteiger charge is -2.26. The van der Waals surface area contributed by atoms with E-state index in [-0.39, 0.29) is 10.8 Å². The first-order valence-corrected chi connectivity index (χ1v) is 12.9. The molecule has 0 aliphatic carbocycles. The van der Waals surface area contributed by atoms with Crippen LogP contribution in [0, 0.1) is 10.1 Å². The van der Waals surface area contributed by atoms with Crippen LogP contribution in [0.1, 0.15) is 25.7 Å². The van der Waals surface area contributed by atoms with Crippen LogP contribution in [0.5, 0.6) is 0 Å². The molecule has 0 spiro atoms. The van der Waals surface area contributed by atoms with E-state index in [9.17, 15) is 10.1 Å². The average Bonchev–Trinajstić information content (AvgIpc) is 3.59. The molecule has 2 saturated heterocycles. The maximum absolute atomic E-state index is 11.1. The number of nitro groups is 1. The van der Waals surface area contributed by atoms with E-state index in [1.54, 1.807) is 17.0 Å². The summed E-state index contributed by atoms with van der Waals surface area (Å²) in [6, 6.07) is 8.42. The van der Waals surface area contributed by atoms with Gasteiger partial charge >= 0.3 is 0 Å². The first kappa shape index (κ1) is 25.8. The predicted octanol–water partition coefficient (Wildman–Crippen LogP) is 2.68. The van der Waals surface area contributed by atoms with E-state index in [4.69, 9.17) is 27.9 Å². The van der Waals surface area contributed by atoms with E-state index in [1.807, 2.05) is 7.05 Å². The fourth-order valence-corrected chi connectivity index (χ4v) is 4.77. The number of anilines is 4. The van der Waals surface area contributed by atoms with Gasteiger partial charge in [0.2, 0.25) is 5.95 Å². The Labute approximate surface area is 217 Å². The van der Waals surface area contributed by atoms with E-state index in [0.717, 1.165) is 56.9 Å². The molecule has 0 unspecified atom stereocenters. The van der Waals surface area contributed by atoms with Gasteiger partial charge in [0.15, 0.2) is 5.11 Å². The van der Waals surface area contributed by atoms with Crippen molar-refractivity contribution < 1.29 is 4.92 Å². The molecule has 11 nitrogen and oxygen atoms in total. The molecule has 36 heavy (non-hydrogen) atoms. The van der Waals surface area contributed by atoms with E-state index in [2.05, 4.69) is 26.1 Å². The fraction of sp³-hybridized carbons (Fsp3) is 0.542. The van der Waals surface area contributed by atoms with Gasteiger partial charge in [0, 0.05) is 76.2 Å². The number of benzene rings is 1. The molecule has 2 aromatic rings. The van der Waals surface area contributed by atoms with Crippen molar-refractivity contribution in [2.24, 2.45) is 5.73 Å². The number of non-ortho nitro benzene ring substituents is 1. The van der Waals surface area contributed by atoms with Gasteiger partial charge < -0.3 is 30.7 Å². The second-order valence-corrected chi connectivity index (χ2v) is 9.71. The number of hydrogen-bond donors (Lipinski definition) is 2. The van der Waals surface area contributed by atoms with Crippen molar-refractivity contribution in [3.05, 3.63) is 40.4 Å². The molecule has 0 bridgehead atoms.